The fourth-order valence-corrected chi connectivity index (χ4v) is 2.51. The van der Waals surface area contributed by atoms with Crippen LogP contribution in [-0.4, -0.2) is 34.5 Å². The fraction of sp³-hybridized carbons (Fsp3) is 0. The number of nitrogens with zero attached hydrogens (tertiary/aromatic N) is 1. The van der Waals surface area contributed by atoms with Crippen molar-refractivity contribution < 1.29 is 0 Å². The van der Waals surface area contributed by atoms with E-state index in [0.29, 0.717) is 0 Å². The van der Waals surface area contributed by atoms with Crippen molar-refractivity contribution in [2.45, 2.75) is 0 Å². The topological polar surface area (TPSA) is 12.9 Å². The molecule has 0 aliphatic heterocycles. The molecule has 0 aliphatic carbocycles. The SMILES string of the molecule is [NaH].c1csc(-c2ccnc3ccccc23)c1. The average Bonchev–Trinajstić information content (AvgIpc) is 2.82. The maximum atomic E-state index is 4.36. The van der Waals surface area contributed by atoms with Gasteiger partial charge in [-0.3, -0.25) is 4.98 Å². The van der Waals surface area contributed by atoms with Crippen LogP contribution in [0.4, 0.5) is 0 Å². The zero-order chi connectivity index (χ0) is 10.1. The molecule has 0 radical (unpaired) electrons. The molecular weight excluding hydrogens is 225 g/mol. The summed E-state index contributed by atoms with van der Waals surface area (Å²) in [5.74, 6) is 0. The number of benzene rings is 1. The van der Waals surface area contributed by atoms with Gasteiger partial charge in [0.1, 0.15) is 0 Å². The van der Waals surface area contributed by atoms with Gasteiger partial charge < -0.3 is 0 Å². The minimum Gasteiger partial charge on any atom is -0.256 e. The van der Waals surface area contributed by atoms with Crippen LogP contribution in [0.2, 0.25) is 0 Å². The number of fused-ring (bicyclic) bond motifs is 1. The molecule has 0 aliphatic rings. The summed E-state index contributed by atoms with van der Waals surface area (Å²) in [5, 5.41) is 3.33. The molecule has 0 unspecified atom stereocenters. The van der Waals surface area contributed by atoms with E-state index >= 15 is 0 Å². The first-order valence-corrected chi connectivity index (χ1v) is 5.71. The molecule has 2 aromatic heterocycles. The van der Waals surface area contributed by atoms with Gasteiger partial charge in [-0.2, -0.15) is 0 Å². The Hall–Kier alpha value is -0.670. The van der Waals surface area contributed by atoms with Crippen LogP contribution in [0.5, 0.6) is 0 Å². The maximum absolute atomic E-state index is 4.36. The van der Waals surface area contributed by atoms with Gasteiger partial charge in [-0.25, -0.2) is 0 Å². The second-order valence-electron chi connectivity index (χ2n) is 3.35. The van der Waals surface area contributed by atoms with Crippen molar-refractivity contribution >= 4 is 51.8 Å². The van der Waals surface area contributed by atoms with Crippen molar-refractivity contribution in [1.29, 1.82) is 0 Å². The number of rotatable bonds is 1. The van der Waals surface area contributed by atoms with E-state index in [1.165, 1.54) is 15.8 Å². The molecule has 74 valence electrons. The molecule has 0 bridgehead atoms. The van der Waals surface area contributed by atoms with E-state index < -0.39 is 0 Å². The van der Waals surface area contributed by atoms with Crippen molar-refractivity contribution in [3.8, 4) is 10.4 Å². The minimum atomic E-state index is 0. The monoisotopic (exact) mass is 235 g/mol. The Morgan fingerprint density at radius 2 is 1.81 bits per heavy atom. The molecule has 1 aromatic carbocycles. The first-order valence-electron chi connectivity index (χ1n) is 4.83. The summed E-state index contributed by atoms with van der Waals surface area (Å²) in [4.78, 5) is 5.66. The average molecular weight is 235 g/mol. The van der Waals surface area contributed by atoms with Crippen LogP contribution >= 0.6 is 11.3 Å². The third-order valence-corrected chi connectivity index (χ3v) is 3.34. The Morgan fingerprint density at radius 1 is 0.938 bits per heavy atom. The summed E-state index contributed by atoms with van der Waals surface area (Å²) in [7, 11) is 0. The molecule has 3 rings (SSSR count). The van der Waals surface area contributed by atoms with Gasteiger partial charge in [-0.15, -0.1) is 11.3 Å². The molecule has 0 atom stereocenters. The normalized spacial score (nSPS) is 10.0. The van der Waals surface area contributed by atoms with Crippen molar-refractivity contribution in [3.05, 3.63) is 54.0 Å². The zero-order valence-electron chi connectivity index (χ0n) is 8.05. The number of hydrogen-bond donors (Lipinski definition) is 0. The Kier molecular flexibility index (Phi) is 3.77. The largest absolute Gasteiger partial charge is 0.256 e. The summed E-state index contributed by atoms with van der Waals surface area (Å²) >= 11 is 1.76. The second kappa shape index (κ2) is 5.11. The number of hydrogen-bond acceptors (Lipinski definition) is 2. The Balaban J connectivity index is 0.000000963. The summed E-state index contributed by atoms with van der Waals surface area (Å²) in [6.45, 7) is 0. The van der Waals surface area contributed by atoms with Crippen LogP contribution in [-0.2, 0) is 0 Å². The Labute approximate surface area is 120 Å². The predicted octanol–water partition coefficient (Wildman–Crippen LogP) is 3.31. The Bertz CT molecular complexity index is 584. The third-order valence-electron chi connectivity index (χ3n) is 2.44. The number of thiophene rings is 1. The quantitative estimate of drug-likeness (QED) is 0.590. The smallest absolute Gasteiger partial charge is 0.0708 e. The van der Waals surface area contributed by atoms with Crippen LogP contribution in [0.25, 0.3) is 21.3 Å². The summed E-state index contributed by atoms with van der Waals surface area (Å²) in [6, 6.07) is 14.5. The molecule has 3 heteroatoms. The molecule has 0 amide bonds. The van der Waals surface area contributed by atoms with Gasteiger partial charge in [0.25, 0.3) is 0 Å². The van der Waals surface area contributed by atoms with E-state index in [-0.39, 0.29) is 29.6 Å². The van der Waals surface area contributed by atoms with Gasteiger partial charge in [-0.1, -0.05) is 24.3 Å². The van der Waals surface area contributed by atoms with Gasteiger partial charge in [0.15, 0.2) is 0 Å². The molecule has 0 fully saturated rings. The molecule has 1 nitrogen and oxygen atoms in total. The van der Waals surface area contributed by atoms with Crippen LogP contribution in [0.1, 0.15) is 0 Å². The number of pyridine rings is 1. The van der Waals surface area contributed by atoms with E-state index in [0.717, 1.165) is 5.52 Å². The van der Waals surface area contributed by atoms with E-state index in [2.05, 4.69) is 40.7 Å². The van der Waals surface area contributed by atoms with Crippen LogP contribution in [0, 0.1) is 0 Å². The van der Waals surface area contributed by atoms with Crippen molar-refractivity contribution in [2.75, 3.05) is 0 Å². The number of para-hydroxylation sites is 1. The van der Waals surface area contributed by atoms with Crippen LogP contribution in [0.15, 0.2) is 54.0 Å². The standard InChI is InChI=1S/C13H9NS.Na.H/c1-2-5-12-10(4-1)11(7-8-14-12)13-6-3-9-15-13;;/h1-9H;;. The van der Waals surface area contributed by atoms with Crippen molar-refractivity contribution in [2.24, 2.45) is 0 Å². The first-order chi connectivity index (χ1) is 7.45. The summed E-state index contributed by atoms with van der Waals surface area (Å²) < 4.78 is 0. The molecule has 0 N–H and O–H groups in total. The predicted molar refractivity (Wildman–Crippen MR) is 72.2 cm³/mol. The first kappa shape index (κ1) is 11.8. The van der Waals surface area contributed by atoms with Crippen LogP contribution in [0.3, 0.4) is 0 Å². The maximum Gasteiger partial charge on any atom is 0.0708 e. The van der Waals surface area contributed by atoms with Crippen molar-refractivity contribution in [3.63, 3.8) is 0 Å². The summed E-state index contributed by atoms with van der Waals surface area (Å²) in [5.41, 5.74) is 2.33. The van der Waals surface area contributed by atoms with Gasteiger partial charge >= 0.3 is 29.6 Å². The van der Waals surface area contributed by atoms with E-state index in [1.807, 2.05) is 18.3 Å². The second-order valence-corrected chi connectivity index (χ2v) is 4.30. The molecule has 0 saturated heterocycles. The molecule has 3 aromatic rings. The van der Waals surface area contributed by atoms with E-state index in [1.54, 1.807) is 11.3 Å². The molecular formula is C13H10NNaS. The Morgan fingerprint density at radius 3 is 2.62 bits per heavy atom. The summed E-state index contributed by atoms with van der Waals surface area (Å²) in [6.07, 6.45) is 1.87. The van der Waals surface area contributed by atoms with Crippen molar-refractivity contribution in [1.82, 2.24) is 4.98 Å². The molecule has 2 heterocycles. The van der Waals surface area contributed by atoms with Gasteiger partial charge in [0.05, 0.1) is 5.52 Å². The van der Waals surface area contributed by atoms with Gasteiger partial charge in [0.2, 0.25) is 0 Å². The number of aromatic nitrogens is 1. The fourth-order valence-electron chi connectivity index (χ4n) is 1.74. The van der Waals surface area contributed by atoms with Crippen LogP contribution < -0.4 is 0 Å². The third kappa shape index (κ3) is 2.06. The molecule has 16 heavy (non-hydrogen) atoms. The minimum absolute atomic E-state index is 0. The molecule has 0 saturated carbocycles. The van der Waals surface area contributed by atoms with E-state index in [9.17, 15) is 0 Å². The van der Waals surface area contributed by atoms with Gasteiger partial charge in [0, 0.05) is 22.0 Å². The van der Waals surface area contributed by atoms with Gasteiger partial charge in [-0.05, 0) is 23.6 Å². The van der Waals surface area contributed by atoms with E-state index in [4.69, 9.17) is 0 Å². The zero-order valence-corrected chi connectivity index (χ0v) is 8.87. The molecule has 0 spiro atoms.